The molecular formula is C21H21F3N2O3. The first-order chi connectivity index (χ1) is 13.7. The van der Waals surface area contributed by atoms with Gasteiger partial charge in [0.15, 0.2) is 5.58 Å². The summed E-state index contributed by atoms with van der Waals surface area (Å²) >= 11 is 0. The van der Waals surface area contributed by atoms with E-state index in [1.165, 1.54) is 6.07 Å². The molecule has 3 N–H and O–H groups in total. The van der Waals surface area contributed by atoms with Gasteiger partial charge in [0.2, 0.25) is 11.8 Å². The number of fused-ring (bicyclic) bond motifs is 1. The van der Waals surface area contributed by atoms with Crippen LogP contribution in [0.2, 0.25) is 0 Å². The number of nitrogens with two attached hydrogens (primary N) is 1. The Bertz CT molecular complexity index is 986. The van der Waals surface area contributed by atoms with E-state index in [0.29, 0.717) is 12.8 Å². The Labute approximate surface area is 165 Å². The normalized spacial score (nSPS) is 14.1. The molecule has 3 rings (SSSR count). The first kappa shape index (κ1) is 20.9. The van der Waals surface area contributed by atoms with Crippen molar-refractivity contribution in [3.63, 3.8) is 0 Å². The summed E-state index contributed by atoms with van der Waals surface area (Å²) in [6, 6.07) is 12.4. The fraction of sp³-hybridized carbons (Fsp3) is 0.333. The predicted octanol–water partition coefficient (Wildman–Crippen LogP) is 4.32. The Kier molecular flexibility index (Phi) is 5.93. The molecule has 3 aromatic rings. The number of carbonyl (C=O) groups excluding carboxylic acids is 1. The van der Waals surface area contributed by atoms with Crippen LogP contribution >= 0.6 is 0 Å². The van der Waals surface area contributed by atoms with E-state index >= 15 is 0 Å². The molecular weight excluding hydrogens is 385 g/mol. The molecule has 0 fully saturated rings. The summed E-state index contributed by atoms with van der Waals surface area (Å²) in [7, 11) is 0. The Hall–Kier alpha value is -2.87. The topological polar surface area (TPSA) is 89.4 Å². The molecule has 0 saturated carbocycles. The van der Waals surface area contributed by atoms with Crippen molar-refractivity contribution >= 4 is 17.0 Å². The Morgan fingerprint density at radius 2 is 1.83 bits per heavy atom. The van der Waals surface area contributed by atoms with Crippen molar-refractivity contribution in [1.29, 1.82) is 0 Å². The number of aromatic nitrogens is 1. The molecule has 154 valence electrons. The van der Waals surface area contributed by atoms with Crippen molar-refractivity contribution in [3.8, 4) is 0 Å². The molecule has 1 aromatic heterocycles. The molecule has 1 unspecified atom stereocenters. The summed E-state index contributed by atoms with van der Waals surface area (Å²) in [6.07, 6.45) is -3.26. The number of nitrogens with zero attached hydrogens (tertiary/aromatic N) is 1. The lowest BCUT2D eigenvalue weighted by Gasteiger charge is -2.24. The number of amides is 1. The van der Waals surface area contributed by atoms with Crippen LogP contribution in [-0.4, -0.2) is 16.0 Å². The fourth-order valence-electron chi connectivity index (χ4n) is 3.19. The van der Waals surface area contributed by atoms with Gasteiger partial charge in [-0.2, -0.15) is 13.2 Å². The van der Waals surface area contributed by atoms with Crippen LogP contribution in [0.25, 0.3) is 11.1 Å². The van der Waals surface area contributed by atoms with Gasteiger partial charge in [-0.15, -0.1) is 0 Å². The molecule has 1 amide bonds. The maximum atomic E-state index is 13.0. The second kappa shape index (κ2) is 8.24. The van der Waals surface area contributed by atoms with Crippen molar-refractivity contribution in [2.45, 2.75) is 43.9 Å². The molecule has 8 heteroatoms. The summed E-state index contributed by atoms with van der Waals surface area (Å²) in [4.78, 5) is 15.2. The summed E-state index contributed by atoms with van der Waals surface area (Å²) in [5.74, 6) is -0.560. The zero-order valence-electron chi connectivity index (χ0n) is 15.6. The van der Waals surface area contributed by atoms with Crippen LogP contribution in [-0.2, 0) is 23.0 Å². The number of hydrogen-bond donors (Lipinski definition) is 2. The van der Waals surface area contributed by atoms with E-state index < -0.39 is 23.2 Å². The third-order valence-electron chi connectivity index (χ3n) is 4.80. The number of halogens is 3. The van der Waals surface area contributed by atoms with E-state index in [2.05, 4.69) is 4.98 Å². The second-order valence-electron chi connectivity index (χ2n) is 7.04. The highest BCUT2D eigenvalue weighted by Crippen LogP contribution is 2.36. The first-order valence-electron chi connectivity index (χ1n) is 9.20. The van der Waals surface area contributed by atoms with Crippen LogP contribution in [0.1, 0.15) is 42.7 Å². The van der Waals surface area contributed by atoms with E-state index in [1.54, 1.807) is 0 Å². The standard InChI is InChI=1S/C21H21F3N2O3/c22-21(23,24)15-8-9-17-16(13-15)26-19(29-17)20(28,11-4-7-18(25)27)12-10-14-5-2-1-3-6-14/h1-3,5-6,8-9,13,28H,4,7,10-12H2,(H2,25,27). The third-order valence-corrected chi connectivity index (χ3v) is 4.80. The molecule has 0 bridgehead atoms. The van der Waals surface area contributed by atoms with Gasteiger partial charge in [0.05, 0.1) is 5.56 Å². The number of oxazole rings is 1. The molecule has 0 saturated heterocycles. The number of hydrogen-bond acceptors (Lipinski definition) is 4. The number of carbonyl (C=O) groups is 1. The van der Waals surface area contributed by atoms with Crippen LogP contribution in [0.5, 0.6) is 0 Å². The smallest absolute Gasteiger partial charge is 0.416 e. The van der Waals surface area contributed by atoms with Crippen molar-refractivity contribution in [2.75, 3.05) is 0 Å². The van der Waals surface area contributed by atoms with Crippen LogP contribution in [0, 0.1) is 0 Å². The highest BCUT2D eigenvalue weighted by Gasteiger charge is 2.35. The highest BCUT2D eigenvalue weighted by molar-refractivity contribution is 5.74. The van der Waals surface area contributed by atoms with E-state index in [4.69, 9.17) is 10.2 Å². The minimum Gasteiger partial charge on any atom is -0.438 e. The minimum atomic E-state index is -4.50. The number of primary amides is 1. The Morgan fingerprint density at radius 1 is 1.10 bits per heavy atom. The molecule has 0 aliphatic heterocycles. The minimum absolute atomic E-state index is 0.0165. The molecule has 2 aromatic carbocycles. The predicted molar refractivity (Wildman–Crippen MR) is 101 cm³/mol. The van der Waals surface area contributed by atoms with E-state index in [1.807, 2.05) is 30.3 Å². The lowest BCUT2D eigenvalue weighted by Crippen LogP contribution is -2.27. The molecule has 1 heterocycles. The van der Waals surface area contributed by atoms with Crippen LogP contribution in [0.3, 0.4) is 0 Å². The van der Waals surface area contributed by atoms with Gasteiger partial charge in [-0.3, -0.25) is 4.79 Å². The molecule has 0 spiro atoms. The van der Waals surface area contributed by atoms with Gasteiger partial charge in [-0.05, 0) is 49.4 Å². The van der Waals surface area contributed by atoms with Crippen LogP contribution in [0.15, 0.2) is 52.9 Å². The van der Waals surface area contributed by atoms with Gasteiger partial charge in [-0.25, -0.2) is 4.98 Å². The van der Waals surface area contributed by atoms with Gasteiger partial charge in [0.1, 0.15) is 11.1 Å². The number of aliphatic hydroxyl groups is 1. The lowest BCUT2D eigenvalue weighted by molar-refractivity contribution is -0.137. The average Bonchev–Trinajstić information content (AvgIpc) is 3.10. The van der Waals surface area contributed by atoms with E-state index in [0.717, 1.165) is 17.7 Å². The fourth-order valence-corrected chi connectivity index (χ4v) is 3.19. The molecule has 5 nitrogen and oxygen atoms in total. The Morgan fingerprint density at radius 3 is 2.48 bits per heavy atom. The SMILES string of the molecule is NC(=O)CCCC(O)(CCc1ccccc1)c1nc2cc(C(F)(F)F)ccc2o1. The monoisotopic (exact) mass is 406 g/mol. The number of alkyl halides is 3. The summed E-state index contributed by atoms with van der Waals surface area (Å²) < 4.78 is 44.5. The van der Waals surface area contributed by atoms with Crippen molar-refractivity contribution in [3.05, 3.63) is 65.5 Å². The molecule has 0 radical (unpaired) electrons. The van der Waals surface area contributed by atoms with Gasteiger partial charge in [0.25, 0.3) is 0 Å². The highest BCUT2D eigenvalue weighted by atomic mass is 19.4. The third kappa shape index (κ3) is 5.14. The zero-order chi connectivity index (χ0) is 21.1. The first-order valence-corrected chi connectivity index (χ1v) is 9.20. The van der Waals surface area contributed by atoms with Crippen LogP contribution in [0.4, 0.5) is 13.2 Å². The molecule has 29 heavy (non-hydrogen) atoms. The molecule has 1 atom stereocenters. The van der Waals surface area contributed by atoms with E-state index in [-0.39, 0.29) is 36.3 Å². The number of rotatable bonds is 8. The lowest BCUT2D eigenvalue weighted by atomic mass is 9.89. The quantitative estimate of drug-likeness (QED) is 0.583. The molecule has 0 aliphatic carbocycles. The second-order valence-corrected chi connectivity index (χ2v) is 7.04. The maximum absolute atomic E-state index is 13.0. The zero-order valence-corrected chi connectivity index (χ0v) is 15.6. The number of benzene rings is 2. The summed E-state index contributed by atoms with van der Waals surface area (Å²) in [5, 5.41) is 11.3. The van der Waals surface area contributed by atoms with Gasteiger partial charge < -0.3 is 15.3 Å². The average molecular weight is 406 g/mol. The van der Waals surface area contributed by atoms with E-state index in [9.17, 15) is 23.1 Å². The Balaban J connectivity index is 1.90. The largest absolute Gasteiger partial charge is 0.438 e. The summed E-state index contributed by atoms with van der Waals surface area (Å²) in [5.41, 5.74) is 3.95. The summed E-state index contributed by atoms with van der Waals surface area (Å²) in [6.45, 7) is 0. The number of aryl methyl sites for hydroxylation is 1. The molecule has 0 aliphatic rings. The van der Waals surface area contributed by atoms with Gasteiger partial charge in [-0.1, -0.05) is 30.3 Å². The maximum Gasteiger partial charge on any atom is 0.416 e. The van der Waals surface area contributed by atoms with Crippen molar-refractivity contribution in [2.24, 2.45) is 5.73 Å². The van der Waals surface area contributed by atoms with Crippen molar-refractivity contribution in [1.82, 2.24) is 4.98 Å². The van der Waals surface area contributed by atoms with Crippen molar-refractivity contribution < 1.29 is 27.5 Å². The van der Waals surface area contributed by atoms with Gasteiger partial charge in [0, 0.05) is 6.42 Å². The van der Waals surface area contributed by atoms with Gasteiger partial charge >= 0.3 is 6.18 Å². The van der Waals surface area contributed by atoms with Crippen LogP contribution < -0.4 is 5.73 Å².